The molecule has 1 aromatic carbocycles. The summed E-state index contributed by atoms with van der Waals surface area (Å²) in [6.07, 6.45) is 4.04. The van der Waals surface area contributed by atoms with Crippen molar-refractivity contribution >= 4 is 17.8 Å². The van der Waals surface area contributed by atoms with Crippen molar-refractivity contribution in [3.63, 3.8) is 0 Å². The van der Waals surface area contributed by atoms with Crippen LogP contribution in [-0.2, 0) is 21.5 Å². The van der Waals surface area contributed by atoms with Crippen LogP contribution in [0.15, 0.2) is 24.3 Å². The standard InChI is InChI=1S/C21H29N3O3/c1-4-6-13-23(15(3)5-2)18(25)14-24-19(26)21(22-20(24)27)12-11-16-9-7-8-10-17(16)21/h7-10,15H,4-6,11-14H2,1-3H3,(H,22,27). The SMILES string of the molecule is CCCCN(C(=O)CN1C(=O)NC2(CCc3ccccc32)C1=O)C(C)CC. The van der Waals surface area contributed by atoms with E-state index in [2.05, 4.69) is 12.2 Å². The first-order valence-electron chi connectivity index (χ1n) is 9.96. The van der Waals surface area contributed by atoms with E-state index in [1.54, 1.807) is 4.90 Å². The molecule has 2 atom stereocenters. The molecule has 1 aromatic rings. The highest BCUT2D eigenvalue weighted by Crippen LogP contribution is 2.41. The summed E-state index contributed by atoms with van der Waals surface area (Å²) < 4.78 is 0. The lowest BCUT2D eigenvalue weighted by atomic mass is 9.92. The fourth-order valence-electron chi connectivity index (χ4n) is 4.10. The molecule has 1 spiro atoms. The minimum atomic E-state index is -1.00. The van der Waals surface area contributed by atoms with Gasteiger partial charge in [-0.2, -0.15) is 0 Å². The fraction of sp³-hybridized carbons (Fsp3) is 0.571. The first-order valence-corrected chi connectivity index (χ1v) is 9.96. The largest absolute Gasteiger partial charge is 0.338 e. The molecule has 27 heavy (non-hydrogen) atoms. The van der Waals surface area contributed by atoms with Crippen molar-refractivity contribution in [1.82, 2.24) is 15.1 Å². The number of aryl methyl sites for hydroxylation is 1. The van der Waals surface area contributed by atoms with Crippen LogP contribution in [0.3, 0.4) is 0 Å². The molecule has 3 rings (SSSR count). The second kappa shape index (κ2) is 7.71. The maximum absolute atomic E-state index is 13.2. The van der Waals surface area contributed by atoms with Gasteiger partial charge in [0, 0.05) is 12.6 Å². The molecular weight excluding hydrogens is 342 g/mol. The first kappa shape index (κ1) is 19.4. The van der Waals surface area contributed by atoms with Gasteiger partial charge in [-0.05, 0) is 43.7 Å². The van der Waals surface area contributed by atoms with E-state index in [-0.39, 0.29) is 24.4 Å². The van der Waals surface area contributed by atoms with Crippen LogP contribution >= 0.6 is 0 Å². The molecule has 2 unspecified atom stereocenters. The number of unbranched alkanes of at least 4 members (excludes halogenated alkanes) is 1. The summed E-state index contributed by atoms with van der Waals surface area (Å²) in [5, 5.41) is 2.88. The van der Waals surface area contributed by atoms with Crippen LogP contribution in [0.5, 0.6) is 0 Å². The minimum absolute atomic E-state index is 0.0889. The van der Waals surface area contributed by atoms with Gasteiger partial charge in [-0.25, -0.2) is 4.79 Å². The molecule has 4 amide bonds. The molecule has 1 aliphatic heterocycles. The third-order valence-corrected chi connectivity index (χ3v) is 5.91. The third kappa shape index (κ3) is 3.33. The summed E-state index contributed by atoms with van der Waals surface area (Å²) in [5.41, 5.74) is 0.949. The average molecular weight is 371 g/mol. The highest BCUT2D eigenvalue weighted by atomic mass is 16.2. The molecule has 1 saturated heterocycles. The van der Waals surface area contributed by atoms with Crippen molar-refractivity contribution in [2.24, 2.45) is 0 Å². The highest BCUT2D eigenvalue weighted by Gasteiger charge is 2.55. The second-order valence-corrected chi connectivity index (χ2v) is 7.58. The molecule has 1 N–H and O–H groups in total. The number of rotatable bonds is 7. The Bertz CT molecular complexity index is 748. The topological polar surface area (TPSA) is 69.7 Å². The lowest BCUT2D eigenvalue weighted by molar-refractivity contribution is -0.140. The van der Waals surface area contributed by atoms with Crippen LogP contribution in [0.25, 0.3) is 0 Å². The lowest BCUT2D eigenvalue weighted by Crippen LogP contribution is -2.47. The van der Waals surface area contributed by atoms with Crippen LogP contribution < -0.4 is 5.32 Å². The molecule has 0 radical (unpaired) electrons. The molecule has 2 aliphatic rings. The van der Waals surface area contributed by atoms with Gasteiger partial charge in [0.2, 0.25) is 5.91 Å². The molecule has 0 saturated carbocycles. The van der Waals surface area contributed by atoms with Gasteiger partial charge < -0.3 is 10.2 Å². The number of nitrogens with zero attached hydrogens (tertiary/aromatic N) is 2. The van der Waals surface area contributed by atoms with Crippen LogP contribution in [0.4, 0.5) is 4.79 Å². The van der Waals surface area contributed by atoms with Crippen LogP contribution in [-0.4, -0.2) is 46.8 Å². The number of hydrogen-bond acceptors (Lipinski definition) is 3. The maximum atomic E-state index is 13.2. The van der Waals surface area contributed by atoms with Gasteiger partial charge in [0.25, 0.3) is 5.91 Å². The van der Waals surface area contributed by atoms with Crippen molar-refractivity contribution in [3.05, 3.63) is 35.4 Å². The normalized spacial score (nSPS) is 22.1. The summed E-state index contributed by atoms with van der Waals surface area (Å²) in [7, 11) is 0. The first-order chi connectivity index (χ1) is 12.9. The molecule has 1 fully saturated rings. The van der Waals surface area contributed by atoms with Gasteiger partial charge >= 0.3 is 6.03 Å². The molecule has 1 heterocycles. The predicted molar refractivity (Wildman–Crippen MR) is 103 cm³/mol. The molecule has 6 nitrogen and oxygen atoms in total. The van der Waals surface area contributed by atoms with Gasteiger partial charge in [-0.15, -0.1) is 0 Å². The van der Waals surface area contributed by atoms with E-state index in [9.17, 15) is 14.4 Å². The Kier molecular flexibility index (Phi) is 5.53. The molecular formula is C21H29N3O3. The molecule has 0 bridgehead atoms. The van der Waals surface area contributed by atoms with E-state index < -0.39 is 11.6 Å². The number of imide groups is 1. The quantitative estimate of drug-likeness (QED) is 0.749. The molecule has 0 aromatic heterocycles. The number of amides is 4. The Morgan fingerprint density at radius 1 is 1.30 bits per heavy atom. The Labute approximate surface area is 160 Å². The van der Waals surface area contributed by atoms with Gasteiger partial charge in [-0.1, -0.05) is 44.5 Å². The third-order valence-electron chi connectivity index (χ3n) is 5.91. The lowest BCUT2D eigenvalue weighted by Gasteiger charge is -2.30. The number of urea groups is 1. The van der Waals surface area contributed by atoms with E-state index in [4.69, 9.17) is 0 Å². The van der Waals surface area contributed by atoms with Gasteiger partial charge in [-0.3, -0.25) is 14.5 Å². The zero-order chi connectivity index (χ0) is 19.6. The van der Waals surface area contributed by atoms with Crippen molar-refractivity contribution in [1.29, 1.82) is 0 Å². The molecule has 6 heteroatoms. The predicted octanol–water partition coefficient (Wildman–Crippen LogP) is 2.81. The van der Waals surface area contributed by atoms with Crippen molar-refractivity contribution in [2.45, 2.75) is 64.5 Å². The zero-order valence-corrected chi connectivity index (χ0v) is 16.5. The second-order valence-electron chi connectivity index (χ2n) is 7.58. The summed E-state index contributed by atoms with van der Waals surface area (Å²) in [4.78, 5) is 41.6. The van der Waals surface area contributed by atoms with Gasteiger partial charge in [0.05, 0.1) is 0 Å². The number of fused-ring (bicyclic) bond motifs is 2. The Hall–Kier alpha value is -2.37. The van der Waals surface area contributed by atoms with E-state index in [1.165, 1.54) is 0 Å². The smallest absolute Gasteiger partial charge is 0.325 e. The summed E-state index contributed by atoms with van der Waals surface area (Å²) in [6, 6.07) is 7.34. The highest BCUT2D eigenvalue weighted by molar-refractivity contribution is 6.09. The average Bonchev–Trinajstić information content (AvgIpc) is 3.15. The Morgan fingerprint density at radius 3 is 2.74 bits per heavy atom. The van der Waals surface area contributed by atoms with Crippen molar-refractivity contribution in [2.75, 3.05) is 13.1 Å². The van der Waals surface area contributed by atoms with E-state index >= 15 is 0 Å². The monoisotopic (exact) mass is 371 g/mol. The van der Waals surface area contributed by atoms with E-state index in [1.807, 2.05) is 38.1 Å². The number of benzene rings is 1. The van der Waals surface area contributed by atoms with Crippen LogP contribution in [0, 0.1) is 0 Å². The van der Waals surface area contributed by atoms with Crippen molar-refractivity contribution < 1.29 is 14.4 Å². The maximum Gasteiger partial charge on any atom is 0.325 e. The zero-order valence-electron chi connectivity index (χ0n) is 16.5. The Balaban J connectivity index is 1.79. The van der Waals surface area contributed by atoms with E-state index in [0.717, 1.165) is 41.7 Å². The summed E-state index contributed by atoms with van der Waals surface area (Å²) in [6.45, 7) is 6.59. The number of nitrogens with one attached hydrogen (secondary N) is 1. The van der Waals surface area contributed by atoms with Gasteiger partial charge in [0.1, 0.15) is 12.1 Å². The number of carbonyl (C=O) groups is 3. The van der Waals surface area contributed by atoms with Crippen LogP contribution in [0.2, 0.25) is 0 Å². The number of hydrogen-bond donors (Lipinski definition) is 1. The Morgan fingerprint density at radius 2 is 2.04 bits per heavy atom. The molecule has 146 valence electrons. The minimum Gasteiger partial charge on any atom is -0.338 e. The van der Waals surface area contributed by atoms with Crippen molar-refractivity contribution in [3.8, 4) is 0 Å². The molecule has 1 aliphatic carbocycles. The summed E-state index contributed by atoms with van der Waals surface area (Å²) >= 11 is 0. The number of carbonyl (C=O) groups excluding carboxylic acids is 3. The van der Waals surface area contributed by atoms with E-state index in [0.29, 0.717) is 13.0 Å². The fourth-order valence-corrected chi connectivity index (χ4v) is 4.10. The summed E-state index contributed by atoms with van der Waals surface area (Å²) in [5.74, 6) is -0.463. The van der Waals surface area contributed by atoms with Gasteiger partial charge in [0.15, 0.2) is 0 Å². The van der Waals surface area contributed by atoms with Crippen LogP contribution in [0.1, 0.15) is 57.6 Å².